The maximum atomic E-state index is 14.6. The third-order valence-corrected chi connectivity index (χ3v) is 34.0. The molecule has 0 unspecified atom stereocenters. The number of nitrogens with one attached hydrogen (secondary N) is 2. The number of nitrogens with zero attached hydrogens (tertiary/aromatic N) is 1. The highest BCUT2D eigenvalue weighted by atomic mass is 16.3. The molecule has 96 heavy (non-hydrogen) atoms. The van der Waals surface area contributed by atoms with E-state index in [0.29, 0.717) is 64.7 Å². The normalized spacial score (nSPS) is 49.4. The Hall–Kier alpha value is -1.95. The van der Waals surface area contributed by atoms with E-state index in [1.165, 1.54) is 0 Å². The molecular weight excluding hydrogens is 1210 g/mol. The fourth-order valence-electron chi connectivity index (χ4n) is 28.3. The van der Waals surface area contributed by atoms with Gasteiger partial charge >= 0.3 is 0 Å². The smallest absolute Gasteiger partial charge is 0.222 e. The zero-order valence-corrected chi connectivity index (χ0v) is 61.2. The van der Waals surface area contributed by atoms with Crippen LogP contribution < -0.4 is 10.6 Å². The van der Waals surface area contributed by atoms with E-state index in [1.54, 1.807) is 0 Å². The largest absolute Gasteiger partial charge is 0.393 e. The Morgan fingerprint density at radius 3 is 1.04 bits per heavy atom. The number of aliphatic hydroxyl groups is 9. The SMILES string of the molecule is C[C@H](CCC(=O)NCCCCCN(CCCCNC(=O)CC[C@@H](C)[C@H]1CC[C@H]2[C@@H]3[C@H](O)C[C@@H]4C[C@H](O)CC[C@]4(C)[C@H]3C[C@H](O)[C@]12C)C(=O)CC[C@@H](C)[C@H]1CC[C@H]2[C@@H]3[C@H](O)C[C@@H]4C[C@H](O)CC[C@]4(C)[C@H]3C[C@H](O)[C@]12C)[C@H]1CC[C@H]2[C@@H]3[C@H](O)C[C@@H]4C[C@H](O)CC[C@]4(C)[C@H]3C[C@H](O)[C@]12C. The molecular formula is C81H137N3O12. The monoisotopic (exact) mass is 1340 g/mol. The van der Waals surface area contributed by atoms with Crippen molar-refractivity contribution in [1.82, 2.24) is 15.5 Å². The fourth-order valence-corrected chi connectivity index (χ4v) is 28.3. The van der Waals surface area contributed by atoms with E-state index in [-0.39, 0.29) is 175 Å². The van der Waals surface area contributed by atoms with E-state index in [2.05, 4.69) is 72.9 Å². The first-order chi connectivity index (χ1) is 45.5. The van der Waals surface area contributed by atoms with Crippen molar-refractivity contribution < 1.29 is 60.3 Å². The minimum Gasteiger partial charge on any atom is -0.393 e. The van der Waals surface area contributed by atoms with Crippen molar-refractivity contribution in [2.75, 3.05) is 26.2 Å². The van der Waals surface area contributed by atoms with Gasteiger partial charge in [-0.25, -0.2) is 0 Å². The molecule has 0 heterocycles. The summed E-state index contributed by atoms with van der Waals surface area (Å²) < 4.78 is 0. The first-order valence-electron chi connectivity index (χ1n) is 40.4. The molecule has 0 aromatic rings. The summed E-state index contributed by atoms with van der Waals surface area (Å²) in [5.74, 6) is 4.51. The Morgan fingerprint density at radius 1 is 0.385 bits per heavy atom. The molecule has 12 aliphatic rings. The van der Waals surface area contributed by atoms with Crippen LogP contribution in [0.2, 0.25) is 0 Å². The molecule has 548 valence electrons. The lowest BCUT2D eigenvalue weighted by molar-refractivity contribution is -0.207. The second-order valence-corrected chi connectivity index (χ2v) is 38.0. The van der Waals surface area contributed by atoms with Crippen LogP contribution in [0.15, 0.2) is 0 Å². The van der Waals surface area contributed by atoms with Gasteiger partial charge in [-0.2, -0.15) is 0 Å². The number of amides is 3. The topological polar surface area (TPSA) is 261 Å². The van der Waals surface area contributed by atoms with Crippen molar-refractivity contribution in [3.8, 4) is 0 Å². The van der Waals surface area contributed by atoms with Gasteiger partial charge in [-0.05, 0) is 325 Å². The molecule has 0 bridgehead atoms. The number of rotatable bonds is 23. The summed E-state index contributed by atoms with van der Waals surface area (Å²) in [6.07, 6.45) is 21.8. The van der Waals surface area contributed by atoms with Crippen LogP contribution in [-0.2, 0) is 14.4 Å². The summed E-state index contributed by atoms with van der Waals surface area (Å²) in [5.41, 5.74) is -0.874. The van der Waals surface area contributed by atoms with Gasteiger partial charge in [0.2, 0.25) is 17.7 Å². The second-order valence-electron chi connectivity index (χ2n) is 38.0. The quantitative estimate of drug-likeness (QED) is 0.0427. The van der Waals surface area contributed by atoms with E-state index in [0.717, 1.165) is 167 Å². The predicted molar refractivity (Wildman–Crippen MR) is 373 cm³/mol. The van der Waals surface area contributed by atoms with Crippen molar-refractivity contribution in [3.63, 3.8) is 0 Å². The molecule has 33 atom stereocenters. The van der Waals surface area contributed by atoms with Gasteiger partial charge in [0, 0.05) is 45.4 Å². The van der Waals surface area contributed by atoms with Crippen molar-refractivity contribution >= 4 is 17.7 Å². The van der Waals surface area contributed by atoms with Gasteiger partial charge in [-0.15, -0.1) is 0 Å². The highest BCUT2D eigenvalue weighted by molar-refractivity contribution is 5.76. The Kier molecular flexibility index (Phi) is 22.2. The van der Waals surface area contributed by atoms with Gasteiger partial charge in [0.1, 0.15) is 0 Å². The Morgan fingerprint density at radius 2 is 0.698 bits per heavy atom. The van der Waals surface area contributed by atoms with Gasteiger partial charge in [-0.3, -0.25) is 14.4 Å². The van der Waals surface area contributed by atoms with E-state index in [1.807, 2.05) is 4.90 Å². The first kappa shape index (κ1) is 73.8. The number of carbonyl (C=O) groups excluding carboxylic acids is 3. The highest BCUT2D eigenvalue weighted by Crippen LogP contribution is 2.72. The average molecular weight is 1340 g/mol. The van der Waals surface area contributed by atoms with Gasteiger partial charge in [0.25, 0.3) is 0 Å². The summed E-state index contributed by atoms with van der Waals surface area (Å²) in [6.45, 7) is 23.1. The summed E-state index contributed by atoms with van der Waals surface area (Å²) >= 11 is 0. The lowest BCUT2D eigenvalue weighted by Crippen LogP contribution is -2.62. The number of aliphatic hydroxyl groups excluding tert-OH is 9. The van der Waals surface area contributed by atoms with Gasteiger partial charge in [0.05, 0.1) is 54.9 Å². The molecule has 12 rings (SSSR count). The van der Waals surface area contributed by atoms with Gasteiger partial charge in [-0.1, -0.05) is 62.3 Å². The number of unbranched alkanes of at least 4 members (excludes halogenated alkanes) is 3. The lowest BCUT2D eigenvalue weighted by Gasteiger charge is -2.63. The van der Waals surface area contributed by atoms with E-state index < -0.39 is 36.6 Å². The fraction of sp³-hybridized carbons (Fsp3) is 0.963. The third kappa shape index (κ3) is 13.1. The average Bonchev–Trinajstić information content (AvgIpc) is 1.35. The van der Waals surface area contributed by atoms with Crippen LogP contribution >= 0.6 is 0 Å². The van der Waals surface area contributed by atoms with Crippen molar-refractivity contribution in [2.45, 2.75) is 323 Å². The Bertz CT molecular complexity index is 2680. The summed E-state index contributed by atoms with van der Waals surface area (Å²) in [4.78, 5) is 43.7. The first-order valence-corrected chi connectivity index (χ1v) is 40.4. The van der Waals surface area contributed by atoms with Crippen molar-refractivity contribution in [2.24, 2.45) is 139 Å². The summed E-state index contributed by atoms with van der Waals surface area (Å²) in [7, 11) is 0. The highest BCUT2D eigenvalue weighted by Gasteiger charge is 2.69. The molecule has 11 N–H and O–H groups in total. The van der Waals surface area contributed by atoms with Crippen LogP contribution in [-0.4, -0.2) is 150 Å². The van der Waals surface area contributed by atoms with Gasteiger partial charge < -0.3 is 61.5 Å². The molecule has 0 aromatic heterocycles. The summed E-state index contributed by atoms with van der Waals surface area (Å²) in [5, 5.41) is 110. The molecule has 12 fully saturated rings. The van der Waals surface area contributed by atoms with E-state index in [9.17, 15) is 60.3 Å². The third-order valence-electron chi connectivity index (χ3n) is 34.0. The van der Waals surface area contributed by atoms with Crippen LogP contribution in [0, 0.1) is 139 Å². The number of fused-ring (bicyclic) bond motifs is 15. The van der Waals surface area contributed by atoms with E-state index in [4.69, 9.17) is 0 Å². The number of hydrogen-bond donors (Lipinski definition) is 11. The van der Waals surface area contributed by atoms with Gasteiger partial charge in [0.15, 0.2) is 0 Å². The Balaban J connectivity index is 0.609. The standard InChI is InChI=1S/C81H137N3O12/c1-46(55-18-21-58-73-61(43-67(91)79(55,58)7)76(4)30-27-52(85)37-49(76)40-64(73)88)15-24-70(94)82-33-11-10-13-35-84(72(96)26-17-48(3)57-20-23-60-75-63(45-69(93)81(57,60)9)78(6)32-29-54(87)39-51(78)42-66(75)90)36-14-12-34-83-71(95)25-16-47(2)56-19-22-59-74-62(44-68(92)80(56,59)8)77(5)31-28-53(86)38-50(77)41-65(74)89/h46-69,73-75,85-93H,10-45H2,1-9H3,(H,82,94)(H,83,95)/t46-,47-,48-,49+,50+,51+,52-,53-,54-,55-,56-,57-,58+,59+,60+,61+,62+,63+,64-,65-,66-,67+,68+,69+,73+,74+,75+,76+,77+,78+,79-,80-,81-/m1/s1. The van der Waals surface area contributed by atoms with Crippen LogP contribution in [0.1, 0.15) is 268 Å². The molecule has 15 nitrogen and oxygen atoms in total. The molecule has 0 aliphatic heterocycles. The summed E-state index contributed by atoms with van der Waals surface area (Å²) in [6, 6.07) is 0. The Labute approximate surface area is 578 Å². The maximum Gasteiger partial charge on any atom is 0.222 e. The van der Waals surface area contributed by atoms with Crippen LogP contribution in [0.25, 0.3) is 0 Å². The van der Waals surface area contributed by atoms with Crippen LogP contribution in [0.5, 0.6) is 0 Å². The predicted octanol–water partition coefficient (Wildman–Crippen LogP) is 11.1. The molecule has 0 spiro atoms. The molecule has 0 saturated heterocycles. The minimum absolute atomic E-state index is 0.0127. The minimum atomic E-state index is -0.479. The van der Waals surface area contributed by atoms with Crippen molar-refractivity contribution in [1.29, 1.82) is 0 Å². The van der Waals surface area contributed by atoms with E-state index >= 15 is 0 Å². The number of carbonyl (C=O) groups is 3. The lowest BCUT2D eigenvalue weighted by atomic mass is 9.43. The molecule has 12 saturated carbocycles. The molecule has 0 radical (unpaired) electrons. The zero-order chi connectivity index (χ0) is 68.8. The molecule has 0 aromatic carbocycles. The molecule has 12 aliphatic carbocycles. The van der Waals surface area contributed by atoms with Crippen LogP contribution in [0.3, 0.4) is 0 Å². The van der Waals surface area contributed by atoms with Crippen molar-refractivity contribution in [3.05, 3.63) is 0 Å². The molecule has 3 amide bonds. The zero-order valence-electron chi connectivity index (χ0n) is 61.2. The maximum absolute atomic E-state index is 14.6. The molecule has 15 heteroatoms. The number of hydrogen-bond acceptors (Lipinski definition) is 12. The second kappa shape index (κ2) is 28.9. The van der Waals surface area contributed by atoms with Crippen LogP contribution in [0.4, 0.5) is 0 Å².